The van der Waals surface area contributed by atoms with Crippen LogP contribution in [-0.4, -0.2) is 17.7 Å². The summed E-state index contributed by atoms with van der Waals surface area (Å²) in [5.41, 5.74) is 0.392. The van der Waals surface area contributed by atoms with Gasteiger partial charge in [0.2, 0.25) is 0 Å². The average Bonchev–Trinajstić information content (AvgIpc) is 2.13. The summed E-state index contributed by atoms with van der Waals surface area (Å²) in [6, 6.07) is 3.02. The molecular formula is C9H8Br2O3. The number of carbonyl (C=O) groups excluding carboxylic acids is 1. The molecule has 5 heteroatoms. The Morgan fingerprint density at radius 2 is 1.93 bits per heavy atom. The van der Waals surface area contributed by atoms with Gasteiger partial charge in [-0.15, -0.1) is 0 Å². The van der Waals surface area contributed by atoms with Gasteiger partial charge in [-0.05, 0) is 50.9 Å². The van der Waals surface area contributed by atoms with Gasteiger partial charge in [0.1, 0.15) is 5.75 Å². The van der Waals surface area contributed by atoms with E-state index < -0.39 is 5.97 Å². The standard InChI is InChI=1S/C9H8Br2O3/c1-2-14-9(13)5-3-6(10)8(12)7(11)4-5/h3-4,12H,2H2,1H3. The van der Waals surface area contributed by atoms with Crippen molar-refractivity contribution in [3.63, 3.8) is 0 Å². The third-order valence-corrected chi connectivity index (χ3v) is 2.74. The minimum absolute atomic E-state index is 0.0676. The predicted molar refractivity (Wildman–Crippen MR) is 59.5 cm³/mol. The molecule has 0 aromatic heterocycles. The number of aromatic hydroxyl groups is 1. The van der Waals surface area contributed by atoms with E-state index >= 15 is 0 Å². The van der Waals surface area contributed by atoms with E-state index in [4.69, 9.17) is 4.74 Å². The highest BCUT2D eigenvalue weighted by Crippen LogP contribution is 2.33. The molecular weight excluding hydrogens is 316 g/mol. The van der Waals surface area contributed by atoms with E-state index in [1.54, 1.807) is 6.92 Å². The van der Waals surface area contributed by atoms with Gasteiger partial charge in [-0.2, -0.15) is 0 Å². The van der Waals surface area contributed by atoms with Gasteiger partial charge in [-0.1, -0.05) is 0 Å². The molecule has 0 radical (unpaired) electrons. The number of ether oxygens (including phenoxy) is 1. The van der Waals surface area contributed by atoms with Crippen LogP contribution in [0.15, 0.2) is 21.1 Å². The lowest BCUT2D eigenvalue weighted by molar-refractivity contribution is 0.0526. The molecule has 76 valence electrons. The molecule has 1 aromatic rings. The summed E-state index contributed by atoms with van der Waals surface area (Å²) in [7, 11) is 0. The Morgan fingerprint density at radius 1 is 1.43 bits per heavy atom. The zero-order valence-electron chi connectivity index (χ0n) is 7.38. The number of hydrogen-bond acceptors (Lipinski definition) is 3. The minimum Gasteiger partial charge on any atom is -0.506 e. The van der Waals surface area contributed by atoms with Gasteiger partial charge >= 0.3 is 5.97 Å². The third-order valence-electron chi connectivity index (χ3n) is 1.53. The first kappa shape index (κ1) is 11.5. The van der Waals surface area contributed by atoms with Gasteiger partial charge in [0.25, 0.3) is 0 Å². The number of rotatable bonds is 2. The normalized spacial score (nSPS) is 9.93. The van der Waals surface area contributed by atoms with Crippen molar-refractivity contribution in [2.75, 3.05) is 6.61 Å². The SMILES string of the molecule is CCOC(=O)c1cc(Br)c(O)c(Br)c1. The topological polar surface area (TPSA) is 46.5 Å². The zero-order chi connectivity index (χ0) is 10.7. The van der Waals surface area contributed by atoms with Crippen molar-refractivity contribution in [1.29, 1.82) is 0 Å². The van der Waals surface area contributed by atoms with Crippen LogP contribution in [0.1, 0.15) is 17.3 Å². The Bertz CT molecular complexity index is 340. The Labute approximate surface area is 98.3 Å². The first-order valence-electron chi connectivity index (χ1n) is 3.91. The summed E-state index contributed by atoms with van der Waals surface area (Å²) in [6.07, 6.45) is 0. The van der Waals surface area contributed by atoms with Crippen molar-refractivity contribution >= 4 is 37.8 Å². The molecule has 1 aromatic carbocycles. The van der Waals surface area contributed by atoms with Crippen molar-refractivity contribution in [3.05, 3.63) is 26.6 Å². The van der Waals surface area contributed by atoms with Crippen LogP contribution >= 0.6 is 31.9 Å². The largest absolute Gasteiger partial charge is 0.506 e. The summed E-state index contributed by atoms with van der Waals surface area (Å²) in [6.45, 7) is 2.07. The van der Waals surface area contributed by atoms with Crippen molar-refractivity contribution in [3.8, 4) is 5.75 Å². The molecule has 14 heavy (non-hydrogen) atoms. The number of hydrogen-bond donors (Lipinski definition) is 1. The van der Waals surface area contributed by atoms with Gasteiger partial charge in [-0.3, -0.25) is 0 Å². The molecule has 0 atom stereocenters. The molecule has 0 spiro atoms. The number of carbonyl (C=O) groups is 1. The molecule has 0 aliphatic carbocycles. The van der Waals surface area contributed by atoms with E-state index in [1.165, 1.54) is 12.1 Å². The molecule has 0 unspecified atom stereocenters. The number of halogens is 2. The molecule has 0 heterocycles. The van der Waals surface area contributed by atoms with E-state index in [-0.39, 0.29) is 5.75 Å². The molecule has 0 bridgehead atoms. The minimum atomic E-state index is -0.408. The molecule has 0 fully saturated rings. The van der Waals surface area contributed by atoms with Crippen molar-refractivity contribution in [2.24, 2.45) is 0 Å². The van der Waals surface area contributed by atoms with E-state index in [9.17, 15) is 9.90 Å². The quantitative estimate of drug-likeness (QED) is 0.851. The second-order valence-corrected chi connectivity index (χ2v) is 4.22. The first-order valence-corrected chi connectivity index (χ1v) is 5.50. The van der Waals surface area contributed by atoms with Crippen LogP contribution in [0.5, 0.6) is 5.75 Å². The summed E-state index contributed by atoms with van der Waals surface area (Å²) in [5.74, 6) is -0.341. The van der Waals surface area contributed by atoms with Crippen LogP contribution in [0.3, 0.4) is 0 Å². The average molecular weight is 324 g/mol. The highest BCUT2D eigenvalue weighted by molar-refractivity contribution is 9.11. The van der Waals surface area contributed by atoms with Crippen molar-refractivity contribution in [1.82, 2.24) is 0 Å². The predicted octanol–water partition coefficient (Wildman–Crippen LogP) is 3.09. The van der Waals surface area contributed by atoms with Crippen LogP contribution in [-0.2, 0) is 4.74 Å². The Balaban J connectivity index is 3.06. The molecule has 0 saturated heterocycles. The van der Waals surface area contributed by atoms with Crippen LogP contribution in [0.4, 0.5) is 0 Å². The lowest BCUT2D eigenvalue weighted by atomic mass is 10.2. The first-order chi connectivity index (χ1) is 6.56. The highest BCUT2D eigenvalue weighted by Gasteiger charge is 2.12. The number of phenolic OH excluding ortho intramolecular Hbond substituents is 1. The molecule has 0 aliphatic rings. The molecule has 0 amide bonds. The van der Waals surface area contributed by atoms with Gasteiger partial charge < -0.3 is 9.84 Å². The maximum absolute atomic E-state index is 11.3. The lowest BCUT2D eigenvalue weighted by Gasteiger charge is -2.05. The van der Waals surface area contributed by atoms with Crippen LogP contribution < -0.4 is 0 Å². The molecule has 3 nitrogen and oxygen atoms in total. The molecule has 1 rings (SSSR count). The van der Waals surface area contributed by atoms with Crippen LogP contribution in [0.25, 0.3) is 0 Å². The number of esters is 1. The van der Waals surface area contributed by atoms with Gasteiger partial charge in [0, 0.05) is 0 Å². The molecule has 1 N–H and O–H groups in total. The smallest absolute Gasteiger partial charge is 0.338 e. The van der Waals surface area contributed by atoms with Crippen molar-refractivity contribution in [2.45, 2.75) is 6.92 Å². The third kappa shape index (κ3) is 2.48. The summed E-state index contributed by atoms with van der Waals surface area (Å²) >= 11 is 6.26. The molecule has 0 aliphatic heterocycles. The van der Waals surface area contributed by atoms with E-state index in [2.05, 4.69) is 31.9 Å². The summed E-state index contributed by atoms with van der Waals surface area (Å²) in [5, 5.41) is 9.40. The summed E-state index contributed by atoms with van der Waals surface area (Å²) < 4.78 is 5.72. The fourth-order valence-corrected chi connectivity index (χ4v) is 2.08. The van der Waals surface area contributed by atoms with Gasteiger partial charge in [-0.25, -0.2) is 4.79 Å². The lowest BCUT2D eigenvalue weighted by Crippen LogP contribution is -2.04. The molecule has 0 saturated carbocycles. The zero-order valence-corrected chi connectivity index (χ0v) is 10.6. The highest BCUT2D eigenvalue weighted by atomic mass is 79.9. The Hall–Kier alpha value is -0.550. The van der Waals surface area contributed by atoms with Crippen LogP contribution in [0.2, 0.25) is 0 Å². The second-order valence-electron chi connectivity index (χ2n) is 2.51. The fourth-order valence-electron chi connectivity index (χ4n) is 0.898. The van der Waals surface area contributed by atoms with Gasteiger partial charge in [0.15, 0.2) is 0 Å². The fraction of sp³-hybridized carbons (Fsp3) is 0.222. The van der Waals surface area contributed by atoms with E-state index in [1.807, 2.05) is 0 Å². The number of benzene rings is 1. The maximum Gasteiger partial charge on any atom is 0.338 e. The maximum atomic E-state index is 11.3. The van der Waals surface area contributed by atoms with E-state index in [0.29, 0.717) is 21.1 Å². The monoisotopic (exact) mass is 322 g/mol. The summed E-state index contributed by atoms with van der Waals surface area (Å²) in [4.78, 5) is 11.3. The second kappa shape index (κ2) is 4.79. The Kier molecular flexibility index (Phi) is 3.95. The van der Waals surface area contributed by atoms with Crippen LogP contribution in [0, 0.1) is 0 Å². The Morgan fingerprint density at radius 3 is 2.36 bits per heavy atom. The number of phenols is 1. The van der Waals surface area contributed by atoms with Crippen molar-refractivity contribution < 1.29 is 14.6 Å². The van der Waals surface area contributed by atoms with E-state index in [0.717, 1.165) is 0 Å². The van der Waals surface area contributed by atoms with Gasteiger partial charge in [0.05, 0.1) is 21.1 Å².